The van der Waals surface area contributed by atoms with Gasteiger partial charge in [-0.25, -0.2) is 0 Å². The van der Waals surface area contributed by atoms with E-state index in [4.69, 9.17) is 5.26 Å². The van der Waals surface area contributed by atoms with Crippen LogP contribution in [0.1, 0.15) is 51.9 Å². The van der Waals surface area contributed by atoms with E-state index in [1.807, 2.05) is 6.08 Å². The summed E-state index contributed by atoms with van der Waals surface area (Å²) < 4.78 is 0. The van der Waals surface area contributed by atoms with Crippen molar-refractivity contribution in [2.75, 3.05) is 0 Å². The molecule has 0 unspecified atom stereocenters. The lowest BCUT2D eigenvalue weighted by atomic mass is 10.1. The second kappa shape index (κ2) is 9.98. The Morgan fingerprint density at radius 2 is 2.07 bits per heavy atom. The highest BCUT2D eigenvalue weighted by atomic mass is 16.1. The number of rotatable bonds is 8. The minimum absolute atomic E-state index is 0.601. The van der Waals surface area contributed by atoms with Crippen LogP contribution < -0.4 is 0 Å². The SMILES string of the molecule is CCCCCC(C#N)=CCCCC=O. The van der Waals surface area contributed by atoms with Crippen LogP contribution in [-0.4, -0.2) is 6.29 Å². The fourth-order valence-electron chi connectivity index (χ4n) is 1.25. The summed E-state index contributed by atoms with van der Waals surface area (Å²) in [7, 11) is 0. The summed E-state index contributed by atoms with van der Waals surface area (Å²) in [6, 6.07) is 2.21. The highest BCUT2D eigenvalue weighted by Crippen LogP contribution is 2.09. The van der Waals surface area contributed by atoms with Crippen LogP contribution >= 0.6 is 0 Å². The van der Waals surface area contributed by atoms with Crippen molar-refractivity contribution in [3.05, 3.63) is 11.6 Å². The number of nitrogens with zero attached hydrogens (tertiary/aromatic N) is 1. The fourth-order valence-corrected chi connectivity index (χ4v) is 1.25. The zero-order valence-electron chi connectivity index (χ0n) is 8.96. The molecule has 0 aliphatic rings. The molecule has 0 bridgehead atoms. The van der Waals surface area contributed by atoms with Crippen molar-refractivity contribution in [1.82, 2.24) is 0 Å². The van der Waals surface area contributed by atoms with Gasteiger partial charge in [-0.3, -0.25) is 0 Å². The Labute approximate surface area is 86.6 Å². The van der Waals surface area contributed by atoms with E-state index in [2.05, 4.69) is 13.0 Å². The minimum atomic E-state index is 0.601. The van der Waals surface area contributed by atoms with E-state index < -0.39 is 0 Å². The Morgan fingerprint density at radius 3 is 2.64 bits per heavy atom. The van der Waals surface area contributed by atoms with E-state index in [0.29, 0.717) is 6.42 Å². The number of allylic oxidation sites excluding steroid dienone is 2. The maximum absolute atomic E-state index is 10.0. The van der Waals surface area contributed by atoms with Gasteiger partial charge in [0.25, 0.3) is 0 Å². The Balaban J connectivity index is 3.65. The zero-order valence-corrected chi connectivity index (χ0v) is 8.96. The zero-order chi connectivity index (χ0) is 10.6. The third-order valence-electron chi connectivity index (χ3n) is 2.11. The smallest absolute Gasteiger partial charge is 0.120 e. The van der Waals surface area contributed by atoms with Gasteiger partial charge in [-0.05, 0) is 25.7 Å². The Morgan fingerprint density at radius 1 is 1.29 bits per heavy atom. The summed E-state index contributed by atoms with van der Waals surface area (Å²) >= 11 is 0. The van der Waals surface area contributed by atoms with Gasteiger partial charge in [0.2, 0.25) is 0 Å². The summed E-state index contributed by atoms with van der Waals surface area (Å²) in [5.74, 6) is 0. The Bertz CT molecular complexity index is 213. The van der Waals surface area contributed by atoms with E-state index in [-0.39, 0.29) is 0 Å². The van der Waals surface area contributed by atoms with Crippen LogP contribution in [0.5, 0.6) is 0 Å². The predicted molar refractivity (Wildman–Crippen MR) is 57.8 cm³/mol. The van der Waals surface area contributed by atoms with Gasteiger partial charge >= 0.3 is 0 Å². The molecule has 0 heterocycles. The second-order valence-corrected chi connectivity index (χ2v) is 3.40. The molecular formula is C12H19NO. The van der Waals surface area contributed by atoms with Crippen LogP contribution in [0.4, 0.5) is 0 Å². The van der Waals surface area contributed by atoms with Gasteiger partial charge in [0, 0.05) is 12.0 Å². The quantitative estimate of drug-likeness (QED) is 0.337. The molecule has 0 atom stereocenters. The lowest BCUT2D eigenvalue weighted by molar-refractivity contribution is -0.107. The first-order valence-corrected chi connectivity index (χ1v) is 5.38. The molecule has 78 valence electrons. The average molecular weight is 193 g/mol. The topological polar surface area (TPSA) is 40.9 Å². The lowest BCUT2D eigenvalue weighted by Gasteiger charge is -1.97. The number of carbonyl (C=O) groups is 1. The van der Waals surface area contributed by atoms with Gasteiger partial charge in [0.1, 0.15) is 6.29 Å². The van der Waals surface area contributed by atoms with Crippen LogP contribution in [0.15, 0.2) is 11.6 Å². The molecule has 0 aliphatic carbocycles. The summed E-state index contributed by atoms with van der Waals surface area (Å²) in [6.45, 7) is 2.15. The number of hydrogen-bond donors (Lipinski definition) is 0. The summed E-state index contributed by atoms with van der Waals surface area (Å²) in [5.41, 5.74) is 0.879. The van der Waals surface area contributed by atoms with Crippen LogP contribution in [-0.2, 0) is 4.79 Å². The monoisotopic (exact) mass is 193 g/mol. The summed E-state index contributed by atoms with van der Waals surface area (Å²) in [6.07, 6.45) is 9.59. The van der Waals surface area contributed by atoms with Crippen molar-refractivity contribution in [1.29, 1.82) is 5.26 Å². The molecule has 0 N–H and O–H groups in total. The first-order valence-electron chi connectivity index (χ1n) is 5.38. The van der Waals surface area contributed by atoms with Gasteiger partial charge in [-0.15, -0.1) is 0 Å². The molecule has 14 heavy (non-hydrogen) atoms. The van der Waals surface area contributed by atoms with Crippen molar-refractivity contribution in [2.45, 2.75) is 51.9 Å². The third kappa shape index (κ3) is 7.54. The van der Waals surface area contributed by atoms with Gasteiger partial charge in [-0.1, -0.05) is 25.8 Å². The molecule has 0 amide bonds. The van der Waals surface area contributed by atoms with Crippen LogP contribution in [0.2, 0.25) is 0 Å². The number of hydrogen-bond acceptors (Lipinski definition) is 2. The Kier molecular flexibility index (Phi) is 9.20. The lowest BCUT2D eigenvalue weighted by Crippen LogP contribution is -1.82. The Hall–Kier alpha value is -1.10. The molecule has 0 spiro atoms. The molecule has 0 saturated carbocycles. The van der Waals surface area contributed by atoms with Crippen LogP contribution in [0.25, 0.3) is 0 Å². The maximum atomic E-state index is 10.0. The third-order valence-corrected chi connectivity index (χ3v) is 2.11. The number of carbonyl (C=O) groups excluding carboxylic acids is 1. The van der Waals surface area contributed by atoms with Crippen molar-refractivity contribution in [3.8, 4) is 6.07 Å². The van der Waals surface area contributed by atoms with Gasteiger partial charge in [-0.2, -0.15) is 5.26 Å². The van der Waals surface area contributed by atoms with Gasteiger partial charge < -0.3 is 4.79 Å². The molecule has 0 fully saturated rings. The summed E-state index contributed by atoms with van der Waals surface area (Å²) in [4.78, 5) is 10.0. The molecule has 0 aromatic heterocycles. The highest BCUT2D eigenvalue weighted by Gasteiger charge is 1.94. The number of nitriles is 1. The van der Waals surface area contributed by atoms with Crippen molar-refractivity contribution in [2.24, 2.45) is 0 Å². The predicted octanol–water partition coefficient (Wildman–Crippen LogP) is 3.39. The van der Waals surface area contributed by atoms with E-state index >= 15 is 0 Å². The molecular weight excluding hydrogens is 174 g/mol. The van der Waals surface area contributed by atoms with E-state index in [1.54, 1.807) is 0 Å². The molecule has 0 radical (unpaired) electrons. The minimum Gasteiger partial charge on any atom is -0.303 e. The van der Waals surface area contributed by atoms with Gasteiger partial charge in [0.15, 0.2) is 0 Å². The molecule has 2 heteroatoms. The number of aldehydes is 1. The van der Waals surface area contributed by atoms with E-state index in [1.165, 1.54) is 12.8 Å². The summed E-state index contributed by atoms with van der Waals surface area (Å²) in [5, 5.41) is 8.79. The van der Waals surface area contributed by atoms with Crippen molar-refractivity contribution in [3.63, 3.8) is 0 Å². The molecule has 0 rings (SSSR count). The van der Waals surface area contributed by atoms with Crippen LogP contribution in [0, 0.1) is 11.3 Å². The first kappa shape index (κ1) is 12.9. The largest absolute Gasteiger partial charge is 0.303 e. The standard InChI is InChI=1S/C12H19NO/c1-2-3-5-8-12(11-13)9-6-4-7-10-14/h9-10H,2-8H2,1H3. The highest BCUT2D eigenvalue weighted by molar-refractivity contribution is 5.49. The normalized spacial score (nSPS) is 11.0. The average Bonchev–Trinajstić information content (AvgIpc) is 2.22. The van der Waals surface area contributed by atoms with E-state index in [0.717, 1.165) is 37.5 Å². The molecule has 2 nitrogen and oxygen atoms in total. The number of unbranched alkanes of at least 4 members (excludes halogenated alkanes) is 4. The molecule has 0 aliphatic heterocycles. The second-order valence-electron chi connectivity index (χ2n) is 3.40. The molecule has 0 saturated heterocycles. The van der Waals surface area contributed by atoms with E-state index in [9.17, 15) is 4.79 Å². The van der Waals surface area contributed by atoms with Crippen molar-refractivity contribution >= 4 is 6.29 Å². The fraction of sp³-hybridized carbons (Fsp3) is 0.667. The van der Waals surface area contributed by atoms with Gasteiger partial charge in [0.05, 0.1) is 6.07 Å². The molecule has 0 aromatic rings. The molecule has 0 aromatic carbocycles. The van der Waals surface area contributed by atoms with Crippen LogP contribution in [0.3, 0.4) is 0 Å². The first-order chi connectivity index (χ1) is 6.85. The maximum Gasteiger partial charge on any atom is 0.120 e. The van der Waals surface area contributed by atoms with Crippen molar-refractivity contribution < 1.29 is 4.79 Å².